The third-order valence-corrected chi connectivity index (χ3v) is 6.09. The topological polar surface area (TPSA) is 203 Å². The van der Waals surface area contributed by atoms with Crippen LogP contribution < -0.4 is 19.4 Å². The molecule has 6 atom stereocenters. The number of nitrogens with one attached hydrogen (secondary N) is 1. The number of benzene rings is 3. The third-order valence-electron chi connectivity index (χ3n) is 6.09. The highest BCUT2D eigenvalue weighted by Crippen LogP contribution is 2.47. The Bertz CT molecular complexity index is 1310. The fraction of sp³-hybridized carbons (Fsp3) is 0.318. The summed E-state index contributed by atoms with van der Waals surface area (Å²) in [5.41, 5.74) is -0.533. The summed E-state index contributed by atoms with van der Waals surface area (Å²) in [6.07, 6.45) is -7.47. The molecule has 1 fully saturated rings. The summed E-state index contributed by atoms with van der Waals surface area (Å²) in [5, 5.41) is 70.8. The molecule has 0 radical (unpaired) electrons. The summed E-state index contributed by atoms with van der Waals surface area (Å²) < 4.78 is 22.0. The SMILES string of the molecule is O=C(O)c1cc2c(c3c1c([NH+]([O-])O)cc1ccc(O[C@@H]4O[C@H](CO)[C@@H](O)[C@H](O)[C@H]4O)cc13)OCO2. The van der Waals surface area contributed by atoms with Gasteiger partial charge >= 0.3 is 5.97 Å². The van der Waals surface area contributed by atoms with Crippen molar-refractivity contribution in [3.05, 3.63) is 41.1 Å². The molecule has 0 bridgehead atoms. The van der Waals surface area contributed by atoms with Crippen molar-refractivity contribution in [2.75, 3.05) is 13.4 Å². The maximum atomic E-state index is 12.0. The molecule has 7 N–H and O–H groups in total. The number of carboxylic acids is 1. The van der Waals surface area contributed by atoms with Gasteiger partial charge in [-0.1, -0.05) is 6.07 Å². The van der Waals surface area contributed by atoms with Gasteiger partial charge in [-0.25, -0.2) is 10.0 Å². The van der Waals surface area contributed by atoms with Gasteiger partial charge in [0.15, 0.2) is 17.2 Å². The summed E-state index contributed by atoms with van der Waals surface area (Å²) in [5.74, 6) is -0.939. The second-order valence-electron chi connectivity index (χ2n) is 8.14. The smallest absolute Gasteiger partial charge is 0.336 e. The Hall–Kier alpha value is -3.27. The highest BCUT2D eigenvalue weighted by molar-refractivity contribution is 6.21. The third kappa shape index (κ3) is 3.80. The Kier molecular flexibility index (Phi) is 5.86. The molecular weight excluding hydrogens is 470 g/mol. The molecule has 186 valence electrons. The number of carboxylic acid groups (broad SMARTS) is 1. The lowest BCUT2D eigenvalue weighted by Gasteiger charge is -2.39. The lowest BCUT2D eigenvalue weighted by atomic mass is 9.95. The van der Waals surface area contributed by atoms with Crippen LogP contribution >= 0.6 is 0 Å². The summed E-state index contributed by atoms with van der Waals surface area (Å²) in [6.45, 7) is -0.820. The Morgan fingerprint density at radius 2 is 1.86 bits per heavy atom. The first-order valence-electron chi connectivity index (χ1n) is 10.5. The lowest BCUT2D eigenvalue weighted by Crippen LogP contribution is -2.99. The van der Waals surface area contributed by atoms with Crippen LogP contribution in [-0.2, 0) is 4.74 Å². The van der Waals surface area contributed by atoms with E-state index < -0.39 is 48.5 Å². The predicted octanol–water partition coefficient (Wildman–Crippen LogP) is -0.998. The summed E-state index contributed by atoms with van der Waals surface area (Å²) in [7, 11) is 0. The number of aliphatic hydroxyl groups is 4. The molecular formula is C22H21NO12. The number of ether oxygens (including phenoxy) is 4. The van der Waals surface area contributed by atoms with Crippen LogP contribution in [0.15, 0.2) is 30.3 Å². The van der Waals surface area contributed by atoms with E-state index in [1.807, 2.05) is 0 Å². The molecule has 3 aromatic rings. The zero-order valence-electron chi connectivity index (χ0n) is 17.8. The van der Waals surface area contributed by atoms with Crippen LogP contribution in [0.5, 0.6) is 17.2 Å². The van der Waals surface area contributed by atoms with Gasteiger partial charge in [-0.05, 0) is 29.0 Å². The zero-order chi connectivity index (χ0) is 25.0. The number of aliphatic hydroxyl groups excluding tert-OH is 4. The van der Waals surface area contributed by atoms with Crippen molar-refractivity contribution in [1.82, 2.24) is 0 Å². The van der Waals surface area contributed by atoms with E-state index in [0.717, 1.165) is 0 Å². The number of carbonyl (C=O) groups is 1. The van der Waals surface area contributed by atoms with Crippen LogP contribution in [-0.4, -0.2) is 80.8 Å². The largest absolute Gasteiger partial charge is 0.595 e. The normalized spacial score (nSPS) is 26.7. The van der Waals surface area contributed by atoms with Crippen LogP contribution in [0, 0.1) is 5.21 Å². The molecule has 0 aliphatic carbocycles. The maximum Gasteiger partial charge on any atom is 0.336 e. The standard InChI is InChI=1S/C22H21NO12/c24-6-14-17(25)18(26)19(27)22(35-14)34-9-2-1-8-3-12(23(30)31)15-11(21(28)29)5-13-20(33-7-32-13)16(15)10(8)4-9/h1-5,14,17-19,22-27,30H,6-7H2,(H,28,29)/t14-,17-,18+,19-,22-/m1/s1. The van der Waals surface area contributed by atoms with Crippen LogP contribution in [0.4, 0.5) is 5.69 Å². The van der Waals surface area contributed by atoms with Gasteiger partial charge in [0.05, 0.1) is 17.6 Å². The minimum Gasteiger partial charge on any atom is -0.595 e. The van der Waals surface area contributed by atoms with E-state index in [1.165, 1.54) is 30.3 Å². The van der Waals surface area contributed by atoms with Crippen molar-refractivity contribution in [3.8, 4) is 17.2 Å². The molecule has 5 rings (SSSR count). The Labute approximate surface area is 196 Å². The Morgan fingerprint density at radius 1 is 1.09 bits per heavy atom. The van der Waals surface area contributed by atoms with Gasteiger partial charge < -0.3 is 49.7 Å². The highest BCUT2D eigenvalue weighted by Gasteiger charge is 2.44. The highest BCUT2D eigenvalue weighted by atomic mass is 16.8. The molecule has 35 heavy (non-hydrogen) atoms. The lowest BCUT2D eigenvalue weighted by molar-refractivity contribution is -0.990. The number of fused-ring (bicyclic) bond motifs is 5. The molecule has 0 spiro atoms. The summed E-state index contributed by atoms with van der Waals surface area (Å²) in [6, 6.07) is 6.99. The van der Waals surface area contributed by atoms with Crippen molar-refractivity contribution < 1.29 is 59.7 Å². The first kappa shape index (κ1) is 23.5. The van der Waals surface area contributed by atoms with Gasteiger partial charge in [0.25, 0.3) is 0 Å². The first-order valence-corrected chi connectivity index (χ1v) is 10.5. The number of hydrogen-bond acceptors (Lipinski definition) is 11. The van der Waals surface area contributed by atoms with Gasteiger partial charge in [0.1, 0.15) is 30.2 Å². The van der Waals surface area contributed by atoms with Crippen molar-refractivity contribution in [1.29, 1.82) is 0 Å². The molecule has 2 aliphatic heterocycles. The molecule has 13 nitrogen and oxygen atoms in total. The Balaban J connectivity index is 1.68. The minimum absolute atomic E-state index is 0.0632. The fourth-order valence-electron chi connectivity index (χ4n) is 4.39. The second-order valence-corrected chi connectivity index (χ2v) is 8.14. The molecule has 0 aromatic heterocycles. The van der Waals surface area contributed by atoms with Crippen LogP contribution in [0.25, 0.3) is 21.5 Å². The van der Waals surface area contributed by atoms with E-state index in [2.05, 4.69) is 0 Å². The number of hydrogen-bond donors (Lipinski definition) is 7. The van der Waals surface area contributed by atoms with Gasteiger partial charge in [0.2, 0.25) is 13.1 Å². The molecule has 3 aromatic carbocycles. The van der Waals surface area contributed by atoms with Gasteiger partial charge in [0, 0.05) is 11.5 Å². The quantitative estimate of drug-likeness (QED) is 0.170. The maximum absolute atomic E-state index is 12.0. The van der Waals surface area contributed by atoms with Crippen LogP contribution in [0.3, 0.4) is 0 Å². The molecule has 1 saturated heterocycles. The molecule has 0 amide bonds. The summed E-state index contributed by atoms with van der Waals surface area (Å²) in [4.78, 5) is 12.0. The number of aromatic carboxylic acids is 1. The number of quaternary nitrogens is 1. The predicted molar refractivity (Wildman–Crippen MR) is 115 cm³/mol. The first-order chi connectivity index (χ1) is 16.7. The second kappa shape index (κ2) is 8.75. The van der Waals surface area contributed by atoms with Gasteiger partial charge in [-0.2, -0.15) is 5.23 Å². The van der Waals surface area contributed by atoms with E-state index in [4.69, 9.17) is 18.9 Å². The van der Waals surface area contributed by atoms with Gasteiger partial charge in [-0.3, -0.25) is 0 Å². The zero-order valence-corrected chi connectivity index (χ0v) is 17.8. The molecule has 13 heteroatoms. The van der Waals surface area contributed by atoms with Gasteiger partial charge in [-0.15, -0.1) is 0 Å². The molecule has 1 unspecified atom stereocenters. The fourth-order valence-corrected chi connectivity index (χ4v) is 4.39. The summed E-state index contributed by atoms with van der Waals surface area (Å²) >= 11 is 0. The van der Waals surface area contributed by atoms with E-state index >= 15 is 0 Å². The molecule has 2 heterocycles. The average Bonchev–Trinajstić information content (AvgIpc) is 3.31. The van der Waals surface area contributed by atoms with Crippen molar-refractivity contribution in [2.45, 2.75) is 30.7 Å². The Morgan fingerprint density at radius 3 is 2.54 bits per heavy atom. The van der Waals surface area contributed by atoms with Crippen molar-refractivity contribution in [2.24, 2.45) is 0 Å². The molecule has 2 aliphatic rings. The number of rotatable bonds is 5. The van der Waals surface area contributed by atoms with Crippen LogP contribution in [0.2, 0.25) is 0 Å². The minimum atomic E-state index is -1.64. The van der Waals surface area contributed by atoms with E-state index in [9.17, 15) is 40.7 Å². The molecule has 0 saturated carbocycles. The van der Waals surface area contributed by atoms with Crippen LogP contribution in [0.1, 0.15) is 10.4 Å². The van der Waals surface area contributed by atoms with Crippen molar-refractivity contribution >= 4 is 33.2 Å². The van der Waals surface area contributed by atoms with E-state index in [0.29, 0.717) is 10.8 Å². The van der Waals surface area contributed by atoms with E-state index in [-0.39, 0.29) is 46.1 Å². The monoisotopic (exact) mass is 491 g/mol. The van der Waals surface area contributed by atoms with Crippen molar-refractivity contribution in [3.63, 3.8) is 0 Å². The average molecular weight is 491 g/mol. The van der Waals surface area contributed by atoms with E-state index in [1.54, 1.807) is 0 Å².